The molecule has 0 aliphatic rings. The second-order valence-corrected chi connectivity index (χ2v) is 5.03. The van der Waals surface area contributed by atoms with E-state index in [0.29, 0.717) is 11.0 Å². The fourth-order valence-electron chi connectivity index (χ4n) is 1.30. The predicted molar refractivity (Wildman–Crippen MR) is 68.4 cm³/mol. The average molecular weight is 288 g/mol. The first-order valence-electron chi connectivity index (χ1n) is 5.34. The summed E-state index contributed by atoms with van der Waals surface area (Å²) in [6, 6.07) is 5.54. The molecule has 90 valence electrons. The molecule has 0 aromatic heterocycles. The topological polar surface area (TPSA) is 52.5 Å². The Morgan fingerprint density at radius 1 is 1.44 bits per heavy atom. The minimum Gasteiger partial charge on any atom is -0.506 e. The van der Waals surface area contributed by atoms with Crippen molar-refractivity contribution in [2.24, 2.45) is 0 Å². The number of hydrogen-bond donors (Lipinski definition) is 3. The van der Waals surface area contributed by atoms with Crippen molar-refractivity contribution in [3.05, 3.63) is 28.2 Å². The highest BCUT2D eigenvalue weighted by Crippen LogP contribution is 2.27. The van der Waals surface area contributed by atoms with Crippen molar-refractivity contribution in [3.63, 3.8) is 0 Å². The van der Waals surface area contributed by atoms with E-state index in [-0.39, 0.29) is 17.9 Å². The number of phenols is 1. The summed E-state index contributed by atoms with van der Waals surface area (Å²) in [6.07, 6.45) is 0.832. The third-order valence-electron chi connectivity index (χ3n) is 2.91. The zero-order valence-corrected chi connectivity index (χ0v) is 11.2. The van der Waals surface area contributed by atoms with Crippen molar-refractivity contribution in [1.82, 2.24) is 5.32 Å². The smallest absolute Gasteiger partial charge is 0.134 e. The lowest BCUT2D eigenvalue weighted by Crippen LogP contribution is -2.44. The van der Waals surface area contributed by atoms with Gasteiger partial charge in [-0.15, -0.1) is 0 Å². The molecule has 0 heterocycles. The molecule has 4 heteroatoms. The Morgan fingerprint density at radius 3 is 2.69 bits per heavy atom. The zero-order chi connectivity index (χ0) is 12.2. The Morgan fingerprint density at radius 2 is 2.12 bits per heavy atom. The lowest BCUT2D eigenvalue weighted by molar-refractivity contribution is 0.168. The normalized spacial score (nSPS) is 14.8. The van der Waals surface area contributed by atoms with Gasteiger partial charge in [0.15, 0.2) is 0 Å². The minimum atomic E-state index is -0.297. The van der Waals surface area contributed by atoms with Crippen LogP contribution in [-0.4, -0.2) is 22.4 Å². The third kappa shape index (κ3) is 3.20. The number of hydrogen-bond acceptors (Lipinski definition) is 3. The standard InChI is InChI=1S/C12H18BrNO2/c1-3-12(2,8-15)14-7-9-5-4-6-10(13)11(9)16/h4-6,14-16H,3,7-8H2,1-2H3. The molecule has 1 aromatic carbocycles. The zero-order valence-electron chi connectivity index (χ0n) is 9.63. The lowest BCUT2D eigenvalue weighted by Gasteiger charge is -2.27. The van der Waals surface area contributed by atoms with Gasteiger partial charge in [0.2, 0.25) is 0 Å². The summed E-state index contributed by atoms with van der Waals surface area (Å²) in [5.41, 5.74) is 0.525. The average Bonchev–Trinajstić information content (AvgIpc) is 2.31. The van der Waals surface area contributed by atoms with Gasteiger partial charge in [-0.2, -0.15) is 0 Å². The lowest BCUT2D eigenvalue weighted by atomic mass is 10.00. The Labute approximate surface area is 105 Å². The number of para-hydroxylation sites is 1. The van der Waals surface area contributed by atoms with E-state index in [1.54, 1.807) is 6.07 Å². The van der Waals surface area contributed by atoms with Crippen molar-refractivity contribution in [1.29, 1.82) is 0 Å². The maximum absolute atomic E-state index is 9.79. The molecule has 0 aliphatic heterocycles. The molecule has 3 N–H and O–H groups in total. The highest BCUT2D eigenvalue weighted by molar-refractivity contribution is 9.10. The van der Waals surface area contributed by atoms with Gasteiger partial charge in [0.05, 0.1) is 11.1 Å². The number of rotatable bonds is 5. The second-order valence-electron chi connectivity index (χ2n) is 4.17. The van der Waals surface area contributed by atoms with Gasteiger partial charge < -0.3 is 15.5 Å². The van der Waals surface area contributed by atoms with Crippen molar-refractivity contribution in [2.45, 2.75) is 32.4 Å². The van der Waals surface area contributed by atoms with Gasteiger partial charge in [-0.3, -0.25) is 0 Å². The number of benzene rings is 1. The van der Waals surface area contributed by atoms with E-state index in [1.807, 2.05) is 26.0 Å². The van der Waals surface area contributed by atoms with Crippen molar-refractivity contribution < 1.29 is 10.2 Å². The first kappa shape index (κ1) is 13.5. The Hall–Kier alpha value is -0.580. The minimum absolute atomic E-state index is 0.0816. The monoisotopic (exact) mass is 287 g/mol. The van der Waals surface area contributed by atoms with Crippen LogP contribution >= 0.6 is 15.9 Å². The van der Waals surface area contributed by atoms with Gasteiger partial charge in [-0.1, -0.05) is 19.1 Å². The Balaban J connectivity index is 2.71. The Bertz CT molecular complexity index is 351. The maximum atomic E-state index is 9.79. The van der Waals surface area contributed by atoms with Gasteiger partial charge >= 0.3 is 0 Å². The molecular weight excluding hydrogens is 270 g/mol. The molecule has 0 radical (unpaired) electrons. The van der Waals surface area contributed by atoms with Gasteiger partial charge in [-0.05, 0) is 35.3 Å². The number of aliphatic hydroxyl groups is 1. The first-order chi connectivity index (χ1) is 7.52. The van der Waals surface area contributed by atoms with Crippen LogP contribution in [0.3, 0.4) is 0 Å². The molecule has 1 atom stereocenters. The van der Waals surface area contributed by atoms with Crippen LogP contribution in [0.1, 0.15) is 25.8 Å². The van der Waals surface area contributed by atoms with Gasteiger partial charge in [0, 0.05) is 17.6 Å². The molecular formula is C12H18BrNO2. The molecule has 0 spiro atoms. The molecule has 1 aromatic rings. The van der Waals surface area contributed by atoms with Crippen LogP contribution in [0.5, 0.6) is 5.75 Å². The van der Waals surface area contributed by atoms with Crippen molar-refractivity contribution in [3.8, 4) is 5.75 Å². The molecule has 3 nitrogen and oxygen atoms in total. The molecule has 0 saturated carbocycles. The summed E-state index contributed by atoms with van der Waals surface area (Å²) in [5, 5.41) is 22.3. The molecule has 0 bridgehead atoms. The van der Waals surface area contributed by atoms with Crippen LogP contribution in [0.4, 0.5) is 0 Å². The molecule has 0 aliphatic carbocycles. The van der Waals surface area contributed by atoms with E-state index in [9.17, 15) is 10.2 Å². The second kappa shape index (κ2) is 5.66. The van der Waals surface area contributed by atoms with E-state index in [2.05, 4.69) is 21.2 Å². The summed E-state index contributed by atoms with van der Waals surface area (Å²) < 4.78 is 0.689. The van der Waals surface area contributed by atoms with E-state index in [0.717, 1.165) is 12.0 Å². The first-order valence-corrected chi connectivity index (χ1v) is 6.14. The number of nitrogens with one attached hydrogen (secondary N) is 1. The van der Waals surface area contributed by atoms with Gasteiger partial charge in [0.25, 0.3) is 0 Å². The van der Waals surface area contributed by atoms with Crippen LogP contribution in [0.2, 0.25) is 0 Å². The third-order valence-corrected chi connectivity index (χ3v) is 3.55. The molecule has 1 unspecified atom stereocenters. The Kier molecular flexibility index (Phi) is 4.77. The van der Waals surface area contributed by atoms with Crippen LogP contribution in [0.25, 0.3) is 0 Å². The molecule has 0 amide bonds. The SMILES string of the molecule is CCC(C)(CO)NCc1cccc(Br)c1O. The van der Waals surface area contributed by atoms with Crippen molar-refractivity contribution >= 4 is 15.9 Å². The van der Waals surface area contributed by atoms with Crippen molar-refractivity contribution in [2.75, 3.05) is 6.61 Å². The number of aliphatic hydroxyl groups excluding tert-OH is 1. The van der Waals surface area contributed by atoms with Crippen LogP contribution < -0.4 is 5.32 Å². The molecule has 0 saturated heterocycles. The van der Waals surface area contributed by atoms with Crippen LogP contribution in [0, 0.1) is 0 Å². The van der Waals surface area contributed by atoms with Crippen LogP contribution in [-0.2, 0) is 6.54 Å². The van der Waals surface area contributed by atoms with E-state index in [4.69, 9.17) is 0 Å². The van der Waals surface area contributed by atoms with Crippen LogP contribution in [0.15, 0.2) is 22.7 Å². The van der Waals surface area contributed by atoms with Gasteiger partial charge in [0.1, 0.15) is 5.75 Å². The summed E-state index contributed by atoms with van der Waals surface area (Å²) in [6.45, 7) is 4.60. The van der Waals surface area contributed by atoms with E-state index >= 15 is 0 Å². The maximum Gasteiger partial charge on any atom is 0.134 e. The van der Waals surface area contributed by atoms with E-state index in [1.165, 1.54) is 0 Å². The largest absolute Gasteiger partial charge is 0.506 e. The summed E-state index contributed by atoms with van der Waals surface area (Å²) >= 11 is 3.27. The van der Waals surface area contributed by atoms with Gasteiger partial charge in [-0.25, -0.2) is 0 Å². The summed E-state index contributed by atoms with van der Waals surface area (Å²) in [5.74, 6) is 0.256. The molecule has 0 fully saturated rings. The quantitative estimate of drug-likeness (QED) is 0.780. The fourth-order valence-corrected chi connectivity index (χ4v) is 1.71. The molecule has 1 rings (SSSR count). The highest BCUT2D eigenvalue weighted by atomic mass is 79.9. The fraction of sp³-hybridized carbons (Fsp3) is 0.500. The summed E-state index contributed by atoms with van der Waals surface area (Å²) in [4.78, 5) is 0. The summed E-state index contributed by atoms with van der Waals surface area (Å²) in [7, 11) is 0. The number of aromatic hydroxyl groups is 1. The number of phenolic OH excluding ortho intramolecular Hbond substituents is 1. The predicted octanol–water partition coefficient (Wildman–Crippen LogP) is 2.41. The molecule has 16 heavy (non-hydrogen) atoms. The highest BCUT2D eigenvalue weighted by Gasteiger charge is 2.20. The van der Waals surface area contributed by atoms with E-state index < -0.39 is 0 Å². The number of halogens is 1.